The molecule has 0 radical (unpaired) electrons. The second-order valence-corrected chi connectivity index (χ2v) is 6.74. The number of sulfonamides is 1. The number of hydrogen-bond acceptors (Lipinski definition) is 3. The summed E-state index contributed by atoms with van der Waals surface area (Å²) in [5.41, 5.74) is 0. The summed E-state index contributed by atoms with van der Waals surface area (Å²) in [5.74, 6) is 3.58. The lowest BCUT2D eigenvalue weighted by atomic mass is 10.4. The van der Waals surface area contributed by atoms with Crippen molar-refractivity contribution in [3.05, 3.63) is 12.0 Å². The minimum atomic E-state index is -3.57. The van der Waals surface area contributed by atoms with E-state index in [4.69, 9.17) is 6.42 Å². The lowest BCUT2D eigenvalue weighted by molar-refractivity contribution is 0.428. The van der Waals surface area contributed by atoms with Crippen LogP contribution < -0.4 is 0 Å². The van der Waals surface area contributed by atoms with Crippen molar-refractivity contribution in [2.45, 2.75) is 38.3 Å². The first-order chi connectivity index (χ1) is 8.98. The summed E-state index contributed by atoms with van der Waals surface area (Å²) in [6.07, 6.45) is 9.03. The van der Waals surface area contributed by atoms with Gasteiger partial charge in [-0.1, -0.05) is 5.92 Å². The topological polar surface area (TPSA) is 55.2 Å². The zero-order chi connectivity index (χ0) is 14.0. The molecular formula is C13H19N3O2S. The molecule has 104 valence electrons. The van der Waals surface area contributed by atoms with Crippen molar-refractivity contribution in [1.29, 1.82) is 0 Å². The molecule has 0 aromatic carbocycles. The number of rotatable bonds is 6. The van der Waals surface area contributed by atoms with Gasteiger partial charge in [-0.2, -0.15) is 4.31 Å². The average molecular weight is 281 g/mol. The molecule has 1 fully saturated rings. The van der Waals surface area contributed by atoms with E-state index in [0.717, 1.165) is 12.8 Å². The fraction of sp³-hybridized carbons (Fsp3) is 0.615. The van der Waals surface area contributed by atoms with Gasteiger partial charge in [-0.15, -0.1) is 6.42 Å². The Hall–Kier alpha value is -1.32. The van der Waals surface area contributed by atoms with E-state index in [1.807, 2.05) is 11.5 Å². The third-order valence-electron chi connectivity index (χ3n) is 3.33. The zero-order valence-electron chi connectivity index (χ0n) is 11.3. The van der Waals surface area contributed by atoms with Crippen molar-refractivity contribution in [3.63, 3.8) is 0 Å². The van der Waals surface area contributed by atoms with E-state index >= 15 is 0 Å². The van der Waals surface area contributed by atoms with Crippen LogP contribution in [-0.4, -0.2) is 35.4 Å². The Morgan fingerprint density at radius 3 is 2.74 bits per heavy atom. The summed E-state index contributed by atoms with van der Waals surface area (Å²) in [7, 11) is -3.57. The summed E-state index contributed by atoms with van der Waals surface area (Å²) in [5, 5.41) is 0.0998. The monoisotopic (exact) mass is 281 g/mol. The lowest BCUT2D eigenvalue weighted by Gasteiger charge is -2.17. The molecule has 0 saturated heterocycles. The molecule has 1 aromatic heterocycles. The first kappa shape index (κ1) is 14.1. The Morgan fingerprint density at radius 1 is 1.58 bits per heavy atom. The van der Waals surface area contributed by atoms with Crippen LogP contribution in [0.4, 0.5) is 0 Å². The number of terminal acetylenes is 1. The fourth-order valence-corrected chi connectivity index (χ4v) is 3.42. The first-order valence-electron chi connectivity index (χ1n) is 6.46. The maximum atomic E-state index is 12.5. The van der Waals surface area contributed by atoms with Crippen molar-refractivity contribution in [3.8, 4) is 12.3 Å². The molecule has 0 aliphatic heterocycles. The maximum Gasteiger partial charge on any atom is 0.262 e. The van der Waals surface area contributed by atoms with Gasteiger partial charge in [0.15, 0.2) is 5.03 Å². The molecule has 1 saturated carbocycles. The van der Waals surface area contributed by atoms with Gasteiger partial charge in [0.1, 0.15) is 5.82 Å². The highest BCUT2D eigenvalue weighted by molar-refractivity contribution is 7.89. The number of aromatic nitrogens is 2. The van der Waals surface area contributed by atoms with Crippen LogP contribution in [0.15, 0.2) is 11.2 Å². The molecule has 1 aromatic rings. The van der Waals surface area contributed by atoms with E-state index in [1.165, 1.54) is 4.31 Å². The molecule has 0 N–H and O–H groups in total. The highest BCUT2D eigenvalue weighted by atomic mass is 32.2. The Morgan fingerprint density at radius 2 is 2.26 bits per heavy atom. The molecule has 5 nitrogen and oxygen atoms in total. The van der Waals surface area contributed by atoms with Crippen LogP contribution in [-0.2, 0) is 16.6 Å². The SMILES string of the molecule is C#CCN(CC1CC1)S(=O)(=O)c1cn(CC)c(C)n1. The fourth-order valence-electron chi connectivity index (χ4n) is 1.99. The van der Waals surface area contributed by atoms with Gasteiger partial charge >= 0.3 is 0 Å². The van der Waals surface area contributed by atoms with Gasteiger partial charge in [0.05, 0.1) is 6.54 Å². The Balaban J connectivity index is 2.29. The zero-order valence-corrected chi connectivity index (χ0v) is 12.2. The van der Waals surface area contributed by atoms with Gasteiger partial charge < -0.3 is 4.57 Å². The molecule has 19 heavy (non-hydrogen) atoms. The van der Waals surface area contributed by atoms with E-state index in [-0.39, 0.29) is 11.6 Å². The van der Waals surface area contributed by atoms with Crippen molar-refractivity contribution in [1.82, 2.24) is 13.9 Å². The Labute approximate surface area is 114 Å². The van der Waals surface area contributed by atoms with Gasteiger partial charge in [-0.3, -0.25) is 0 Å². The third-order valence-corrected chi connectivity index (χ3v) is 5.01. The van der Waals surface area contributed by atoms with Gasteiger partial charge in [-0.25, -0.2) is 13.4 Å². The number of aryl methyl sites for hydroxylation is 2. The van der Waals surface area contributed by atoms with E-state index in [2.05, 4.69) is 10.9 Å². The second kappa shape index (κ2) is 5.35. The molecule has 0 bridgehead atoms. The molecule has 0 atom stereocenters. The normalized spacial score (nSPS) is 15.7. The van der Waals surface area contributed by atoms with Crippen molar-refractivity contribution >= 4 is 10.0 Å². The highest BCUT2D eigenvalue weighted by Crippen LogP contribution is 2.31. The number of nitrogens with zero attached hydrogens (tertiary/aromatic N) is 3. The van der Waals surface area contributed by atoms with Crippen molar-refractivity contribution in [2.75, 3.05) is 13.1 Å². The number of imidazole rings is 1. The summed E-state index contributed by atoms with van der Waals surface area (Å²) in [6, 6.07) is 0. The number of hydrogen-bond donors (Lipinski definition) is 0. The third kappa shape index (κ3) is 2.99. The van der Waals surface area contributed by atoms with Crippen LogP contribution in [0.1, 0.15) is 25.6 Å². The smallest absolute Gasteiger partial charge is 0.262 e. The highest BCUT2D eigenvalue weighted by Gasteiger charge is 2.32. The molecule has 6 heteroatoms. The van der Waals surface area contributed by atoms with Crippen LogP contribution in [0.3, 0.4) is 0 Å². The van der Waals surface area contributed by atoms with Crippen LogP contribution in [0.5, 0.6) is 0 Å². The van der Waals surface area contributed by atoms with Crippen LogP contribution in [0.25, 0.3) is 0 Å². The van der Waals surface area contributed by atoms with E-state index in [1.54, 1.807) is 13.1 Å². The maximum absolute atomic E-state index is 12.5. The largest absolute Gasteiger partial charge is 0.334 e. The van der Waals surface area contributed by atoms with E-state index in [0.29, 0.717) is 24.8 Å². The van der Waals surface area contributed by atoms with Crippen molar-refractivity contribution in [2.24, 2.45) is 5.92 Å². The minimum absolute atomic E-state index is 0.0998. The molecule has 1 aliphatic rings. The molecular weight excluding hydrogens is 262 g/mol. The summed E-state index contributed by atoms with van der Waals surface area (Å²) in [4.78, 5) is 4.15. The summed E-state index contributed by atoms with van der Waals surface area (Å²) < 4.78 is 28.2. The molecule has 1 heterocycles. The molecule has 0 unspecified atom stereocenters. The first-order valence-corrected chi connectivity index (χ1v) is 7.90. The molecule has 0 amide bonds. The Bertz CT molecular complexity index is 594. The Kier molecular flexibility index (Phi) is 3.97. The summed E-state index contributed by atoms with van der Waals surface area (Å²) >= 11 is 0. The molecule has 0 spiro atoms. The lowest BCUT2D eigenvalue weighted by Crippen LogP contribution is -2.33. The van der Waals surface area contributed by atoms with Gasteiger partial charge in [-0.05, 0) is 32.6 Å². The van der Waals surface area contributed by atoms with Gasteiger partial charge in [0.2, 0.25) is 0 Å². The van der Waals surface area contributed by atoms with Gasteiger partial charge in [0.25, 0.3) is 10.0 Å². The molecule has 1 aliphatic carbocycles. The van der Waals surface area contributed by atoms with Crippen LogP contribution >= 0.6 is 0 Å². The van der Waals surface area contributed by atoms with E-state index in [9.17, 15) is 8.42 Å². The second-order valence-electron chi connectivity index (χ2n) is 4.86. The average Bonchev–Trinajstić information content (AvgIpc) is 3.09. The predicted octanol–water partition coefficient (Wildman–Crippen LogP) is 1.25. The molecule has 2 rings (SSSR count). The van der Waals surface area contributed by atoms with E-state index < -0.39 is 10.0 Å². The van der Waals surface area contributed by atoms with Gasteiger partial charge in [0, 0.05) is 19.3 Å². The van der Waals surface area contributed by atoms with Crippen LogP contribution in [0, 0.1) is 25.2 Å². The van der Waals surface area contributed by atoms with Crippen molar-refractivity contribution < 1.29 is 8.42 Å². The quantitative estimate of drug-likeness (QED) is 0.737. The standard InChI is InChI=1S/C13H19N3O2S/c1-4-8-16(9-12-6-7-12)19(17,18)13-10-15(5-2)11(3)14-13/h1,10,12H,5-9H2,2-3H3. The summed E-state index contributed by atoms with van der Waals surface area (Å²) in [6.45, 7) is 5.07. The van der Waals surface area contributed by atoms with Crippen LogP contribution in [0.2, 0.25) is 0 Å². The minimum Gasteiger partial charge on any atom is -0.334 e. The predicted molar refractivity (Wildman–Crippen MR) is 73.0 cm³/mol.